The Kier molecular flexibility index (Phi) is 3.73. The van der Waals surface area contributed by atoms with Crippen LogP contribution in [0, 0.1) is 12.7 Å². The summed E-state index contributed by atoms with van der Waals surface area (Å²) < 4.78 is 24.3. The Morgan fingerprint density at radius 3 is 2.33 bits per heavy atom. The maximum atomic E-state index is 12.1. The van der Waals surface area contributed by atoms with Gasteiger partial charge in [-0.3, -0.25) is 0 Å². The van der Waals surface area contributed by atoms with E-state index in [1.807, 2.05) is 6.92 Å². The first-order valence-corrected chi connectivity index (χ1v) is 7.32. The van der Waals surface area contributed by atoms with Gasteiger partial charge >= 0.3 is 0 Å². The summed E-state index contributed by atoms with van der Waals surface area (Å²) in [5.74, 6) is 1.23. The number of rotatable bonds is 3. The lowest BCUT2D eigenvalue weighted by Gasteiger charge is -2.05. The van der Waals surface area contributed by atoms with Crippen LogP contribution >= 0.6 is 11.6 Å². The molecule has 2 rings (SSSR count). The van der Waals surface area contributed by atoms with Crippen molar-refractivity contribution < 1.29 is 8.42 Å². The molecule has 0 fully saturated rings. The van der Waals surface area contributed by atoms with E-state index >= 15 is 0 Å². The van der Waals surface area contributed by atoms with Gasteiger partial charge in [-0.15, -0.1) is 0 Å². The van der Waals surface area contributed by atoms with Crippen LogP contribution in [-0.2, 0) is 9.84 Å². The van der Waals surface area contributed by atoms with E-state index in [9.17, 15) is 8.42 Å². The first-order chi connectivity index (χ1) is 8.47. The second kappa shape index (κ2) is 5.12. The average Bonchev–Trinajstić information content (AvgIpc) is 2.29. The van der Waals surface area contributed by atoms with E-state index in [1.165, 1.54) is 5.75 Å². The van der Waals surface area contributed by atoms with Crippen LogP contribution in [0.4, 0.5) is 0 Å². The van der Waals surface area contributed by atoms with Crippen molar-refractivity contribution in [1.29, 1.82) is 0 Å². The molecular weight excluding hydrogens is 268 g/mol. The maximum absolute atomic E-state index is 12.1. The highest BCUT2D eigenvalue weighted by molar-refractivity contribution is 7.93. The molecule has 0 aromatic heterocycles. The molecule has 93 valence electrons. The van der Waals surface area contributed by atoms with E-state index in [2.05, 4.69) is 0 Å². The summed E-state index contributed by atoms with van der Waals surface area (Å²) in [5.41, 5.74) is 1.60. The number of aryl methyl sites for hydroxylation is 1. The van der Waals surface area contributed by atoms with Gasteiger partial charge in [0.15, 0.2) is 9.84 Å². The Hall–Kier alpha value is -1.32. The lowest BCUT2D eigenvalue weighted by molar-refractivity contribution is 0.602. The van der Waals surface area contributed by atoms with E-state index in [1.54, 1.807) is 48.5 Å². The highest BCUT2D eigenvalue weighted by Crippen LogP contribution is 2.20. The number of sulfone groups is 1. The molecule has 18 heavy (non-hydrogen) atoms. The van der Waals surface area contributed by atoms with Gasteiger partial charge in [-0.05, 0) is 36.8 Å². The van der Waals surface area contributed by atoms with Gasteiger partial charge in [-0.2, -0.15) is 0 Å². The van der Waals surface area contributed by atoms with Crippen LogP contribution in [0.5, 0.6) is 0 Å². The monoisotopic (exact) mass is 279 g/mol. The van der Waals surface area contributed by atoms with Gasteiger partial charge in [0.05, 0.1) is 4.90 Å². The van der Waals surface area contributed by atoms with Crippen molar-refractivity contribution >= 4 is 21.4 Å². The van der Waals surface area contributed by atoms with Crippen LogP contribution < -0.4 is 0 Å². The predicted octanol–water partition coefficient (Wildman–Crippen LogP) is 3.63. The van der Waals surface area contributed by atoms with Crippen molar-refractivity contribution in [2.45, 2.75) is 11.8 Å². The third kappa shape index (κ3) is 3.12. The molecule has 0 aliphatic carbocycles. The van der Waals surface area contributed by atoms with E-state index in [-0.39, 0.29) is 4.90 Å². The molecule has 0 heterocycles. The number of hydrogen-bond acceptors (Lipinski definition) is 2. The predicted molar refractivity (Wildman–Crippen MR) is 73.2 cm³/mol. The molecule has 4 heteroatoms. The lowest BCUT2D eigenvalue weighted by Crippen LogP contribution is -2.02. The van der Waals surface area contributed by atoms with Gasteiger partial charge in [-0.25, -0.2) is 8.42 Å². The topological polar surface area (TPSA) is 34.1 Å². The molecule has 0 unspecified atom stereocenters. The average molecular weight is 280 g/mol. The lowest BCUT2D eigenvalue weighted by atomic mass is 10.2. The maximum Gasteiger partial charge on any atom is 0.187 e. The quantitative estimate of drug-likeness (QED) is 0.860. The molecule has 0 saturated carbocycles. The summed E-state index contributed by atoms with van der Waals surface area (Å²) in [6.07, 6.45) is 0. The van der Waals surface area contributed by atoms with Crippen LogP contribution in [0.15, 0.2) is 53.4 Å². The molecular formula is C14H12ClO2S. The Labute approximate surface area is 112 Å². The molecule has 1 radical (unpaired) electrons. The van der Waals surface area contributed by atoms with Crippen LogP contribution in [0.1, 0.15) is 11.1 Å². The second-order valence-electron chi connectivity index (χ2n) is 4.03. The first-order valence-electron chi connectivity index (χ1n) is 5.39. The summed E-state index contributed by atoms with van der Waals surface area (Å²) in [6, 6.07) is 13.5. The van der Waals surface area contributed by atoms with E-state index in [4.69, 9.17) is 11.6 Å². The van der Waals surface area contributed by atoms with Gasteiger partial charge in [0.2, 0.25) is 0 Å². The van der Waals surface area contributed by atoms with E-state index < -0.39 is 9.84 Å². The molecule has 0 aliphatic rings. The van der Waals surface area contributed by atoms with Crippen molar-refractivity contribution in [3.05, 3.63) is 70.4 Å². The SMILES string of the molecule is Cc1ccc(S(=O)(=O)[CH]c2cccc(Cl)c2)cc1. The molecule has 0 atom stereocenters. The normalized spacial score (nSPS) is 11.4. The molecule has 0 bridgehead atoms. The molecule has 0 spiro atoms. The van der Waals surface area contributed by atoms with Gasteiger partial charge in [0.1, 0.15) is 5.75 Å². The van der Waals surface area contributed by atoms with Gasteiger partial charge in [0.25, 0.3) is 0 Å². The molecule has 2 aromatic carbocycles. The fourth-order valence-electron chi connectivity index (χ4n) is 1.56. The van der Waals surface area contributed by atoms with Crippen molar-refractivity contribution in [3.63, 3.8) is 0 Å². The molecule has 0 saturated heterocycles. The summed E-state index contributed by atoms with van der Waals surface area (Å²) in [7, 11) is -3.43. The summed E-state index contributed by atoms with van der Waals surface area (Å²) >= 11 is 5.83. The highest BCUT2D eigenvalue weighted by Gasteiger charge is 2.15. The minimum Gasteiger partial charge on any atom is -0.223 e. The largest absolute Gasteiger partial charge is 0.223 e. The summed E-state index contributed by atoms with van der Waals surface area (Å²) in [6.45, 7) is 1.91. The Morgan fingerprint density at radius 2 is 1.72 bits per heavy atom. The van der Waals surface area contributed by atoms with Crippen LogP contribution in [0.3, 0.4) is 0 Å². The van der Waals surface area contributed by atoms with Gasteiger partial charge < -0.3 is 0 Å². The molecule has 2 aromatic rings. The van der Waals surface area contributed by atoms with Crippen LogP contribution in [0.25, 0.3) is 0 Å². The number of benzene rings is 2. The Balaban J connectivity index is 2.30. The molecule has 0 aliphatic heterocycles. The summed E-state index contributed by atoms with van der Waals surface area (Å²) in [5, 5.41) is 0.517. The molecule has 2 nitrogen and oxygen atoms in total. The zero-order valence-corrected chi connectivity index (χ0v) is 11.4. The standard InChI is InChI=1S/C14H12ClO2S/c1-11-5-7-14(8-6-11)18(16,17)10-12-3-2-4-13(15)9-12/h2-10H,1H3. The van der Waals surface area contributed by atoms with Gasteiger partial charge in [-0.1, -0.05) is 41.4 Å². The Morgan fingerprint density at radius 1 is 1.06 bits per heavy atom. The molecule has 0 N–H and O–H groups in total. The third-order valence-corrected chi connectivity index (χ3v) is 4.24. The van der Waals surface area contributed by atoms with Crippen molar-refractivity contribution in [2.24, 2.45) is 0 Å². The number of halogens is 1. The minimum absolute atomic E-state index is 0.285. The summed E-state index contributed by atoms with van der Waals surface area (Å²) in [4.78, 5) is 0.285. The fraction of sp³-hybridized carbons (Fsp3) is 0.0714. The number of hydrogen-bond donors (Lipinski definition) is 0. The highest BCUT2D eigenvalue weighted by atomic mass is 35.5. The minimum atomic E-state index is -3.43. The van der Waals surface area contributed by atoms with Gasteiger partial charge in [0, 0.05) is 5.02 Å². The van der Waals surface area contributed by atoms with Crippen LogP contribution in [-0.4, -0.2) is 8.42 Å². The van der Waals surface area contributed by atoms with Crippen molar-refractivity contribution in [2.75, 3.05) is 0 Å². The zero-order valence-electron chi connectivity index (χ0n) is 9.80. The Bertz CT molecular complexity index is 646. The van der Waals surface area contributed by atoms with Crippen molar-refractivity contribution in [3.8, 4) is 0 Å². The smallest absolute Gasteiger partial charge is 0.187 e. The van der Waals surface area contributed by atoms with Crippen molar-refractivity contribution in [1.82, 2.24) is 0 Å². The third-order valence-electron chi connectivity index (χ3n) is 2.49. The first kappa shape index (κ1) is 13.1. The zero-order chi connectivity index (χ0) is 13.2. The molecule has 0 amide bonds. The fourth-order valence-corrected chi connectivity index (χ4v) is 2.91. The van der Waals surface area contributed by atoms with E-state index in [0.717, 1.165) is 5.56 Å². The second-order valence-corrected chi connectivity index (χ2v) is 6.26. The van der Waals surface area contributed by atoms with E-state index in [0.29, 0.717) is 10.6 Å². The van der Waals surface area contributed by atoms with Crippen LogP contribution in [0.2, 0.25) is 5.02 Å².